The molecule has 1 N–H and O–H groups in total. The van der Waals surface area contributed by atoms with Gasteiger partial charge in [-0.15, -0.1) is 0 Å². The van der Waals surface area contributed by atoms with Crippen LogP contribution in [0.3, 0.4) is 0 Å². The molecule has 0 bridgehead atoms. The number of aromatic hydroxyl groups is 1. The Morgan fingerprint density at radius 1 is 1.12 bits per heavy atom. The van der Waals surface area contributed by atoms with Crippen LogP contribution in [0.2, 0.25) is 5.02 Å². The number of hydrogen-bond acceptors (Lipinski definition) is 4. The lowest BCUT2D eigenvalue weighted by atomic mass is 9.91. The molecule has 0 radical (unpaired) electrons. The van der Waals surface area contributed by atoms with Crippen LogP contribution in [-0.4, -0.2) is 42.4 Å². The van der Waals surface area contributed by atoms with Gasteiger partial charge in [0.05, 0.1) is 0 Å². The molecule has 0 amide bonds. The van der Waals surface area contributed by atoms with Crippen molar-refractivity contribution in [1.82, 2.24) is 4.90 Å². The average Bonchev–Trinajstić information content (AvgIpc) is 2.63. The number of nitrogens with zero attached hydrogens (tertiary/aromatic N) is 1. The van der Waals surface area contributed by atoms with Crippen LogP contribution in [0, 0.1) is 0 Å². The van der Waals surface area contributed by atoms with Gasteiger partial charge in [-0.1, -0.05) is 29.8 Å². The van der Waals surface area contributed by atoms with Crippen molar-refractivity contribution in [2.24, 2.45) is 0 Å². The molecule has 1 aliphatic rings. The highest BCUT2D eigenvalue weighted by Gasteiger charge is 2.35. The van der Waals surface area contributed by atoms with Gasteiger partial charge in [-0.3, -0.25) is 4.90 Å². The first-order valence-corrected chi connectivity index (χ1v) is 8.90. The van der Waals surface area contributed by atoms with Crippen molar-refractivity contribution in [2.45, 2.75) is 25.0 Å². The third-order valence-corrected chi connectivity index (χ3v) is 5.08. The van der Waals surface area contributed by atoms with Crippen molar-refractivity contribution >= 4 is 11.6 Å². The number of methoxy groups -OCH3 is 1. The minimum absolute atomic E-state index is 0.256. The molecule has 1 fully saturated rings. The normalized spacial score (nSPS) is 17.4. The van der Waals surface area contributed by atoms with Gasteiger partial charge < -0.3 is 14.6 Å². The number of likely N-dealkylation sites (tertiary alicyclic amines) is 1. The van der Waals surface area contributed by atoms with Crippen LogP contribution in [0.25, 0.3) is 0 Å². The van der Waals surface area contributed by atoms with E-state index in [1.165, 1.54) is 5.56 Å². The first-order valence-electron chi connectivity index (χ1n) is 8.52. The standard InChI is InChI=1S/C20H24ClNO3/c1-24-20(15-25-19-4-2-3-17(21)13-19)9-11-22(12-10-20)14-16-5-7-18(23)8-6-16/h2-8,13,23H,9-12,14-15H2,1H3. The highest BCUT2D eigenvalue weighted by atomic mass is 35.5. The lowest BCUT2D eigenvalue weighted by molar-refractivity contribution is -0.0839. The Morgan fingerprint density at radius 3 is 2.48 bits per heavy atom. The maximum atomic E-state index is 9.38. The molecule has 5 heteroatoms. The molecule has 0 saturated carbocycles. The average molecular weight is 362 g/mol. The van der Waals surface area contributed by atoms with Crippen molar-refractivity contribution in [1.29, 1.82) is 0 Å². The molecule has 0 aliphatic carbocycles. The molecule has 0 atom stereocenters. The second-order valence-electron chi connectivity index (χ2n) is 6.58. The van der Waals surface area contributed by atoms with E-state index in [0.717, 1.165) is 38.2 Å². The van der Waals surface area contributed by atoms with Crippen molar-refractivity contribution in [3.05, 3.63) is 59.1 Å². The summed E-state index contributed by atoms with van der Waals surface area (Å²) in [7, 11) is 1.76. The van der Waals surface area contributed by atoms with Crippen molar-refractivity contribution in [2.75, 3.05) is 26.8 Å². The second kappa shape index (κ2) is 8.09. The zero-order valence-corrected chi connectivity index (χ0v) is 15.2. The molecule has 1 saturated heterocycles. The summed E-state index contributed by atoms with van der Waals surface area (Å²) in [6.45, 7) is 3.31. The molecule has 0 unspecified atom stereocenters. The molecule has 0 spiro atoms. The Balaban J connectivity index is 1.53. The molecule has 1 aliphatic heterocycles. The van der Waals surface area contributed by atoms with Gasteiger partial charge in [0.15, 0.2) is 0 Å². The molecule has 1 heterocycles. The third kappa shape index (κ3) is 4.88. The number of phenols is 1. The van der Waals surface area contributed by atoms with Crippen LogP contribution in [0.1, 0.15) is 18.4 Å². The van der Waals surface area contributed by atoms with Gasteiger partial charge in [0.2, 0.25) is 0 Å². The van der Waals surface area contributed by atoms with Gasteiger partial charge >= 0.3 is 0 Å². The van der Waals surface area contributed by atoms with Crippen molar-refractivity contribution in [3.8, 4) is 11.5 Å². The Morgan fingerprint density at radius 2 is 1.84 bits per heavy atom. The summed E-state index contributed by atoms with van der Waals surface area (Å²) >= 11 is 6.01. The summed E-state index contributed by atoms with van der Waals surface area (Å²) < 4.78 is 11.8. The van der Waals surface area contributed by atoms with Crippen molar-refractivity contribution in [3.63, 3.8) is 0 Å². The van der Waals surface area contributed by atoms with Crippen LogP contribution >= 0.6 is 11.6 Å². The quantitative estimate of drug-likeness (QED) is 0.840. The summed E-state index contributed by atoms with van der Waals surface area (Å²) in [6, 6.07) is 14.9. The van der Waals surface area contributed by atoms with Crippen LogP contribution in [0.4, 0.5) is 0 Å². The Kier molecular flexibility index (Phi) is 5.84. The lowest BCUT2D eigenvalue weighted by Gasteiger charge is -2.40. The van der Waals surface area contributed by atoms with E-state index in [2.05, 4.69) is 4.90 Å². The highest BCUT2D eigenvalue weighted by Crippen LogP contribution is 2.28. The van der Waals surface area contributed by atoms with E-state index in [1.54, 1.807) is 19.2 Å². The first kappa shape index (κ1) is 18.1. The zero-order chi connectivity index (χ0) is 17.7. The van der Waals surface area contributed by atoms with Gasteiger partial charge in [-0.05, 0) is 48.7 Å². The highest BCUT2D eigenvalue weighted by molar-refractivity contribution is 6.30. The second-order valence-corrected chi connectivity index (χ2v) is 7.01. The third-order valence-electron chi connectivity index (χ3n) is 4.84. The SMILES string of the molecule is COC1(COc2cccc(Cl)c2)CCN(Cc2ccc(O)cc2)CC1. The van der Waals surface area contributed by atoms with Gasteiger partial charge in [0.1, 0.15) is 23.7 Å². The van der Waals surface area contributed by atoms with Crippen LogP contribution < -0.4 is 4.74 Å². The van der Waals surface area contributed by atoms with Gasteiger partial charge in [0, 0.05) is 31.8 Å². The van der Waals surface area contributed by atoms with E-state index in [0.29, 0.717) is 17.4 Å². The van der Waals surface area contributed by atoms with Gasteiger partial charge in [-0.25, -0.2) is 0 Å². The number of piperidine rings is 1. The molecular formula is C20H24ClNO3. The van der Waals surface area contributed by atoms with Crippen molar-refractivity contribution < 1.29 is 14.6 Å². The van der Waals surface area contributed by atoms with Crippen LogP contribution in [0.15, 0.2) is 48.5 Å². The maximum absolute atomic E-state index is 9.38. The van der Waals surface area contributed by atoms with Crippen LogP contribution in [0.5, 0.6) is 11.5 Å². The number of benzene rings is 2. The molecule has 3 rings (SSSR count). The lowest BCUT2D eigenvalue weighted by Crippen LogP contribution is -2.48. The topological polar surface area (TPSA) is 41.9 Å². The summed E-state index contributed by atoms with van der Waals surface area (Å²) in [5.74, 6) is 1.08. The van der Waals surface area contributed by atoms with E-state index in [1.807, 2.05) is 36.4 Å². The molecule has 134 valence electrons. The van der Waals surface area contributed by atoms with Gasteiger partial charge in [-0.2, -0.15) is 0 Å². The molecule has 25 heavy (non-hydrogen) atoms. The maximum Gasteiger partial charge on any atom is 0.120 e. The summed E-state index contributed by atoms with van der Waals surface area (Å²) in [5, 5.41) is 10.1. The number of ether oxygens (including phenoxy) is 2. The molecule has 2 aromatic carbocycles. The fourth-order valence-corrected chi connectivity index (χ4v) is 3.34. The monoisotopic (exact) mass is 361 g/mol. The predicted octanol–water partition coefficient (Wildman–Crippen LogP) is 4.11. The molecule has 0 aromatic heterocycles. The Bertz CT molecular complexity index is 682. The minimum atomic E-state index is -0.256. The first-order chi connectivity index (χ1) is 12.1. The Hall–Kier alpha value is -1.75. The minimum Gasteiger partial charge on any atom is -0.508 e. The summed E-state index contributed by atoms with van der Waals surface area (Å²) in [4.78, 5) is 2.41. The zero-order valence-electron chi connectivity index (χ0n) is 14.5. The number of hydrogen-bond donors (Lipinski definition) is 1. The fraction of sp³-hybridized carbons (Fsp3) is 0.400. The Labute approximate surface area is 153 Å². The number of halogens is 1. The van der Waals surface area contributed by atoms with E-state index in [9.17, 15) is 5.11 Å². The molecule has 2 aromatic rings. The van der Waals surface area contributed by atoms with Crippen LogP contribution in [-0.2, 0) is 11.3 Å². The molecule has 4 nitrogen and oxygen atoms in total. The summed E-state index contributed by atoms with van der Waals surface area (Å²) in [6.07, 6.45) is 1.84. The fourth-order valence-electron chi connectivity index (χ4n) is 3.16. The van der Waals surface area contributed by atoms with E-state index >= 15 is 0 Å². The number of rotatable bonds is 6. The smallest absolute Gasteiger partial charge is 0.120 e. The van der Waals surface area contributed by atoms with E-state index < -0.39 is 0 Å². The number of phenolic OH excluding ortho intramolecular Hbond substituents is 1. The molecular weight excluding hydrogens is 338 g/mol. The summed E-state index contributed by atoms with van der Waals surface area (Å²) in [5.41, 5.74) is 0.950. The largest absolute Gasteiger partial charge is 0.508 e. The van der Waals surface area contributed by atoms with E-state index in [-0.39, 0.29) is 5.60 Å². The predicted molar refractivity (Wildman–Crippen MR) is 99.3 cm³/mol. The van der Waals surface area contributed by atoms with Gasteiger partial charge in [0.25, 0.3) is 0 Å². The van der Waals surface area contributed by atoms with E-state index in [4.69, 9.17) is 21.1 Å².